The monoisotopic (exact) mass is 253 g/mol. The summed E-state index contributed by atoms with van der Waals surface area (Å²) < 4.78 is 25.1. The zero-order chi connectivity index (χ0) is 9.90. The lowest BCUT2D eigenvalue weighted by Crippen LogP contribution is -2.17. The van der Waals surface area contributed by atoms with E-state index in [1.807, 2.05) is 0 Å². The normalized spacial score (nSPS) is 19.2. The molecule has 1 N–H and O–H groups in total. The maximum absolute atomic E-state index is 12.5. The van der Waals surface area contributed by atoms with Crippen molar-refractivity contribution in [3.8, 4) is 0 Å². The number of allylic oxidation sites excluding steroid dienone is 1. The molecule has 0 aromatic heterocycles. The summed E-state index contributed by atoms with van der Waals surface area (Å²) in [5.41, 5.74) is 0.0881. The van der Waals surface area contributed by atoms with Crippen LogP contribution < -0.4 is 5.32 Å². The van der Waals surface area contributed by atoms with Crippen LogP contribution in [0.2, 0.25) is 0 Å². The summed E-state index contributed by atoms with van der Waals surface area (Å²) in [6, 6.07) is 0.651. The number of rotatable bonds is 5. The molecule has 1 aliphatic carbocycles. The Morgan fingerprint density at radius 3 is 2.69 bits per heavy atom. The van der Waals surface area contributed by atoms with Gasteiger partial charge in [0.05, 0.1) is 0 Å². The zero-order valence-corrected chi connectivity index (χ0v) is 9.20. The molecule has 1 rings (SSSR count). The van der Waals surface area contributed by atoms with Crippen LogP contribution in [0.3, 0.4) is 0 Å². The Balaban J connectivity index is 2.14. The summed E-state index contributed by atoms with van der Waals surface area (Å²) >= 11 is 2.32. The van der Waals surface area contributed by atoms with Crippen LogP contribution in [-0.2, 0) is 0 Å². The first kappa shape index (κ1) is 11.1. The van der Waals surface area contributed by atoms with Gasteiger partial charge in [0.25, 0.3) is 0 Å². The second kappa shape index (κ2) is 4.51. The van der Waals surface area contributed by atoms with Crippen molar-refractivity contribution in [2.75, 3.05) is 6.54 Å². The predicted octanol–water partition coefficient (Wildman–Crippen LogP) is 3.06. The minimum Gasteiger partial charge on any atom is -0.314 e. The zero-order valence-electron chi connectivity index (χ0n) is 7.62. The molecule has 0 unspecified atom stereocenters. The third-order valence-electron chi connectivity index (χ3n) is 2.05. The fourth-order valence-electron chi connectivity index (χ4n) is 0.979. The minimum absolute atomic E-state index is 0.0881. The fourth-order valence-corrected chi connectivity index (χ4v) is 1.14. The molecule has 0 aromatic rings. The van der Waals surface area contributed by atoms with Gasteiger partial charge in [-0.3, -0.25) is 0 Å². The minimum atomic E-state index is -2.84. The average molecular weight is 254 g/mol. The SMILES string of the molecule is CC(=CCCNC1CC1)C(F)(F)Br. The molecule has 1 aliphatic rings. The lowest BCUT2D eigenvalue weighted by molar-refractivity contribution is 0.156. The Morgan fingerprint density at radius 1 is 1.62 bits per heavy atom. The summed E-state index contributed by atoms with van der Waals surface area (Å²) in [5, 5.41) is 3.26. The summed E-state index contributed by atoms with van der Waals surface area (Å²) in [7, 11) is 0. The molecule has 0 amide bonds. The van der Waals surface area contributed by atoms with Crippen LogP contribution in [0.1, 0.15) is 26.2 Å². The molecule has 1 fully saturated rings. The molecule has 1 saturated carbocycles. The first-order chi connectivity index (χ1) is 6.00. The second-order valence-corrected chi connectivity index (χ2v) is 4.40. The van der Waals surface area contributed by atoms with Crippen molar-refractivity contribution < 1.29 is 8.78 Å². The van der Waals surface area contributed by atoms with Gasteiger partial charge < -0.3 is 5.32 Å². The van der Waals surface area contributed by atoms with Crippen LogP contribution in [0.15, 0.2) is 11.6 Å². The van der Waals surface area contributed by atoms with Gasteiger partial charge in [-0.05, 0) is 48.7 Å². The van der Waals surface area contributed by atoms with Gasteiger partial charge in [-0.25, -0.2) is 0 Å². The van der Waals surface area contributed by atoms with Gasteiger partial charge >= 0.3 is 4.83 Å². The van der Waals surface area contributed by atoms with Crippen molar-refractivity contribution in [2.24, 2.45) is 0 Å². The Morgan fingerprint density at radius 2 is 2.23 bits per heavy atom. The van der Waals surface area contributed by atoms with Gasteiger partial charge in [0, 0.05) is 11.6 Å². The largest absolute Gasteiger partial charge is 0.322 e. The van der Waals surface area contributed by atoms with E-state index in [1.165, 1.54) is 19.8 Å². The summed E-state index contributed by atoms with van der Waals surface area (Å²) in [6.45, 7) is 2.23. The van der Waals surface area contributed by atoms with E-state index in [-0.39, 0.29) is 5.57 Å². The van der Waals surface area contributed by atoms with Gasteiger partial charge in [0.1, 0.15) is 0 Å². The van der Waals surface area contributed by atoms with Crippen molar-refractivity contribution >= 4 is 15.9 Å². The first-order valence-electron chi connectivity index (χ1n) is 4.47. The number of nitrogens with one attached hydrogen (secondary N) is 1. The van der Waals surface area contributed by atoms with Crippen LogP contribution in [0, 0.1) is 0 Å². The van der Waals surface area contributed by atoms with Gasteiger partial charge in [-0.1, -0.05) is 6.08 Å². The van der Waals surface area contributed by atoms with E-state index >= 15 is 0 Å². The topological polar surface area (TPSA) is 12.0 Å². The number of hydrogen-bond acceptors (Lipinski definition) is 1. The Bertz CT molecular complexity index is 194. The third-order valence-corrected chi connectivity index (χ3v) is 2.68. The van der Waals surface area contributed by atoms with Crippen molar-refractivity contribution in [1.29, 1.82) is 0 Å². The molecule has 4 heteroatoms. The van der Waals surface area contributed by atoms with E-state index in [1.54, 1.807) is 6.08 Å². The highest BCUT2D eigenvalue weighted by molar-refractivity contribution is 9.10. The molecule has 0 radical (unpaired) electrons. The van der Waals surface area contributed by atoms with Gasteiger partial charge in [0.15, 0.2) is 0 Å². The van der Waals surface area contributed by atoms with Crippen LogP contribution >= 0.6 is 15.9 Å². The van der Waals surface area contributed by atoms with Crippen molar-refractivity contribution in [3.63, 3.8) is 0 Å². The molecule has 76 valence electrons. The van der Waals surface area contributed by atoms with E-state index < -0.39 is 4.83 Å². The number of halogens is 3. The lowest BCUT2D eigenvalue weighted by atomic mass is 10.2. The van der Waals surface area contributed by atoms with Crippen molar-refractivity contribution in [1.82, 2.24) is 5.32 Å². The maximum Gasteiger partial charge on any atom is 0.322 e. The molecule has 0 heterocycles. The van der Waals surface area contributed by atoms with Crippen molar-refractivity contribution in [3.05, 3.63) is 11.6 Å². The molecule has 0 saturated heterocycles. The molecule has 1 nitrogen and oxygen atoms in total. The summed E-state index contributed by atoms with van der Waals surface area (Å²) in [6.07, 6.45) is 4.71. The number of hydrogen-bond donors (Lipinski definition) is 1. The van der Waals surface area contributed by atoms with E-state index in [9.17, 15) is 8.78 Å². The van der Waals surface area contributed by atoms with Crippen LogP contribution in [0.25, 0.3) is 0 Å². The van der Waals surface area contributed by atoms with E-state index in [0.717, 1.165) is 6.54 Å². The highest BCUT2D eigenvalue weighted by Crippen LogP contribution is 2.30. The molecule has 0 aliphatic heterocycles. The second-order valence-electron chi connectivity index (χ2n) is 3.40. The van der Waals surface area contributed by atoms with Gasteiger partial charge in [0.2, 0.25) is 0 Å². The Hall–Kier alpha value is 0.0400. The van der Waals surface area contributed by atoms with Gasteiger partial charge in [-0.15, -0.1) is 0 Å². The Kier molecular flexibility index (Phi) is 3.86. The van der Waals surface area contributed by atoms with E-state index in [2.05, 4.69) is 21.2 Å². The highest BCUT2D eigenvalue weighted by Gasteiger charge is 2.25. The quantitative estimate of drug-likeness (QED) is 0.451. The maximum atomic E-state index is 12.5. The van der Waals surface area contributed by atoms with Crippen LogP contribution in [0.5, 0.6) is 0 Å². The fraction of sp³-hybridized carbons (Fsp3) is 0.778. The molecule has 0 atom stereocenters. The van der Waals surface area contributed by atoms with Crippen LogP contribution in [-0.4, -0.2) is 17.4 Å². The van der Waals surface area contributed by atoms with Crippen LogP contribution in [0.4, 0.5) is 8.78 Å². The molecular formula is C9H14BrF2N. The molecule has 13 heavy (non-hydrogen) atoms. The molecule has 0 bridgehead atoms. The standard InChI is InChI=1S/C9H14BrF2N/c1-7(9(10,11)12)3-2-6-13-8-4-5-8/h3,8,13H,2,4-6H2,1H3. The highest BCUT2D eigenvalue weighted by atomic mass is 79.9. The molecule has 0 aromatic carbocycles. The van der Waals surface area contributed by atoms with E-state index in [0.29, 0.717) is 12.5 Å². The smallest absolute Gasteiger partial charge is 0.314 e. The van der Waals surface area contributed by atoms with Crippen molar-refractivity contribution in [2.45, 2.75) is 37.1 Å². The third kappa shape index (κ3) is 4.72. The first-order valence-corrected chi connectivity index (χ1v) is 5.27. The Labute approximate surface area is 85.7 Å². The summed E-state index contributed by atoms with van der Waals surface area (Å²) in [4.78, 5) is -2.84. The molecule has 0 spiro atoms. The average Bonchev–Trinajstić information content (AvgIpc) is 2.79. The van der Waals surface area contributed by atoms with E-state index in [4.69, 9.17) is 0 Å². The molecular weight excluding hydrogens is 240 g/mol. The predicted molar refractivity (Wildman–Crippen MR) is 53.3 cm³/mol. The number of alkyl halides is 3. The van der Waals surface area contributed by atoms with Gasteiger partial charge in [-0.2, -0.15) is 8.78 Å². The lowest BCUT2D eigenvalue weighted by Gasteiger charge is -2.08. The summed E-state index contributed by atoms with van der Waals surface area (Å²) in [5.74, 6) is 0.